The van der Waals surface area contributed by atoms with Gasteiger partial charge >= 0.3 is 0 Å². The Labute approximate surface area is 157 Å². The zero-order valence-corrected chi connectivity index (χ0v) is 15.7. The van der Waals surface area contributed by atoms with Gasteiger partial charge in [-0.3, -0.25) is 9.59 Å². The highest BCUT2D eigenvalue weighted by molar-refractivity contribution is 7.12. The van der Waals surface area contributed by atoms with Gasteiger partial charge in [-0.2, -0.15) is 0 Å². The molecule has 1 fully saturated rings. The SMILES string of the molecule is CN(C(=O)c1cccc(NC(=O)c2cccs2)c1)C1CCNCC1.Cl. The van der Waals surface area contributed by atoms with E-state index in [0.29, 0.717) is 16.1 Å². The van der Waals surface area contributed by atoms with Crippen LogP contribution in [0.5, 0.6) is 0 Å². The molecule has 0 aliphatic carbocycles. The lowest BCUT2D eigenvalue weighted by Crippen LogP contribution is -2.43. The highest BCUT2D eigenvalue weighted by Gasteiger charge is 2.23. The van der Waals surface area contributed by atoms with E-state index in [-0.39, 0.29) is 30.3 Å². The molecule has 2 aromatic rings. The molecule has 7 heteroatoms. The van der Waals surface area contributed by atoms with Crippen molar-refractivity contribution in [2.24, 2.45) is 0 Å². The van der Waals surface area contributed by atoms with Gasteiger partial charge in [-0.1, -0.05) is 12.1 Å². The number of rotatable bonds is 4. The van der Waals surface area contributed by atoms with Gasteiger partial charge in [0.2, 0.25) is 0 Å². The standard InChI is InChI=1S/C18H21N3O2S.ClH/c1-21(15-7-9-19-10-8-15)18(23)13-4-2-5-14(12-13)20-17(22)16-6-3-11-24-16;/h2-6,11-12,15,19H,7-10H2,1H3,(H,20,22);1H. The van der Waals surface area contributed by atoms with E-state index in [1.54, 1.807) is 30.3 Å². The van der Waals surface area contributed by atoms with E-state index in [0.717, 1.165) is 25.9 Å². The van der Waals surface area contributed by atoms with E-state index in [4.69, 9.17) is 0 Å². The maximum Gasteiger partial charge on any atom is 0.265 e. The summed E-state index contributed by atoms with van der Waals surface area (Å²) < 4.78 is 0. The number of anilines is 1. The molecule has 2 amide bonds. The Morgan fingerprint density at radius 2 is 1.96 bits per heavy atom. The van der Waals surface area contributed by atoms with Crippen LogP contribution >= 0.6 is 23.7 Å². The van der Waals surface area contributed by atoms with Gasteiger partial charge in [0, 0.05) is 24.3 Å². The van der Waals surface area contributed by atoms with Crippen LogP contribution in [0.4, 0.5) is 5.69 Å². The molecule has 0 unspecified atom stereocenters. The lowest BCUT2D eigenvalue weighted by Gasteiger charge is -2.31. The summed E-state index contributed by atoms with van der Waals surface area (Å²) in [5, 5.41) is 8.02. The minimum Gasteiger partial charge on any atom is -0.339 e. The summed E-state index contributed by atoms with van der Waals surface area (Å²) in [5.41, 5.74) is 1.23. The van der Waals surface area contributed by atoms with Crippen molar-refractivity contribution in [1.29, 1.82) is 0 Å². The van der Waals surface area contributed by atoms with Gasteiger partial charge in [0.25, 0.3) is 11.8 Å². The second-order valence-corrected chi connectivity index (χ2v) is 6.86. The molecule has 3 rings (SSSR count). The molecule has 1 aromatic carbocycles. The molecule has 0 atom stereocenters. The Morgan fingerprint density at radius 3 is 2.64 bits per heavy atom. The van der Waals surface area contributed by atoms with Crippen LogP contribution in [-0.2, 0) is 0 Å². The molecule has 134 valence electrons. The molecule has 1 aliphatic heterocycles. The van der Waals surface area contributed by atoms with Crippen molar-refractivity contribution in [1.82, 2.24) is 10.2 Å². The highest BCUT2D eigenvalue weighted by Crippen LogP contribution is 2.18. The van der Waals surface area contributed by atoms with Gasteiger partial charge in [-0.25, -0.2) is 0 Å². The number of hydrogen-bond acceptors (Lipinski definition) is 4. The van der Waals surface area contributed by atoms with Crippen LogP contribution < -0.4 is 10.6 Å². The summed E-state index contributed by atoms with van der Waals surface area (Å²) in [4.78, 5) is 27.3. The quantitative estimate of drug-likeness (QED) is 0.857. The van der Waals surface area contributed by atoms with Crippen LogP contribution in [0.25, 0.3) is 0 Å². The van der Waals surface area contributed by atoms with Gasteiger partial charge in [0.15, 0.2) is 0 Å². The first kappa shape index (κ1) is 19.4. The number of halogens is 1. The first-order valence-corrected chi connectivity index (χ1v) is 8.96. The van der Waals surface area contributed by atoms with E-state index < -0.39 is 0 Å². The summed E-state index contributed by atoms with van der Waals surface area (Å²) in [5.74, 6) is -0.157. The van der Waals surface area contributed by atoms with E-state index in [2.05, 4.69) is 10.6 Å². The molecule has 0 spiro atoms. The minimum absolute atomic E-state index is 0. The average Bonchev–Trinajstić information content (AvgIpc) is 3.16. The monoisotopic (exact) mass is 379 g/mol. The zero-order chi connectivity index (χ0) is 16.9. The predicted molar refractivity (Wildman–Crippen MR) is 104 cm³/mol. The van der Waals surface area contributed by atoms with Gasteiger partial charge in [0.05, 0.1) is 4.88 Å². The van der Waals surface area contributed by atoms with Crippen molar-refractivity contribution in [2.75, 3.05) is 25.5 Å². The Bertz CT molecular complexity index is 715. The first-order valence-electron chi connectivity index (χ1n) is 8.08. The lowest BCUT2D eigenvalue weighted by molar-refractivity contribution is 0.0703. The third-order valence-electron chi connectivity index (χ3n) is 4.29. The molecule has 2 N–H and O–H groups in total. The molecule has 2 heterocycles. The second kappa shape index (κ2) is 8.99. The molecule has 25 heavy (non-hydrogen) atoms. The van der Waals surface area contributed by atoms with Gasteiger partial charge < -0.3 is 15.5 Å². The second-order valence-electron chi connectivity index (χ2n) is 5.91. The van der Waals surface area contributed by atoms with Crippen LogP contribution in [0.2, 0.25) is 0 Å². The van der Waals surface area contributed by atoms with Crippen LogP contribution in [0.3, 0.4) is 0 Å². The molecular weight excluding hydrogens is 358 g/mol. The predicted octanol–water partition coefficient (Wildman–Crippen LogP) is 3.25. The van der Waals surface area contributed by atoms with Crippen LogP contribution in [0.15, 0.2) is 41.8 Å². The van der Waals surface area contributed by atoms with Crippen LogP contribution in [0.1, 0.15) is 32.9 Å². The van der Waals surface area contributed by atoms with Gasteiger partial charge in [-0.05, 0) is 55.6 Å². The third-order valence-corrected chi connectivity index (χ3v) is 5.16. The number of thiophene rings is 1. The number of piperidine rings is 1. The normalized spacial score (nSPS) is 14.4. The van der Waals surface area contributed by atoms with Crippen molar-refractivity contribution < 1.29 is 9.59 Å². The Hall–Kier alpha value is -1.89. The number of hydrogen-bond donors (Lipinski definition) is 2. The highest BCUT2D eigenvalue weighted by atomic mass is 35.5. The zero-order valence-electron chi connectivity index (χ0n) is 14.0. The fourth-order valence-corrected chi connectivity index (χ4v) is 3.51. The fourth-order valence-electron chi connectivity index (χ4n) is 2.89. The number of nitrogens with one attached hydrogen (secondary N) is 2. The van der Waals surface area contributed by atoms with Crippen molar-refractivity contribution in [3.8, 4) is 0 Å². The van der Waals surface area contributed by atoms with E-state index in [1.165, 1.54) is 11.3 Å². The fraction of sp³-hybridized carbons (Fsp3) is 0.333. The van der Waals surface area contributed by atoms with E-state index in [9.17, 15) is 9.59 Å². The summed E-state index contributed by atoms with van der Waals surface area (Å²) in [6, 6.07) is 11.0. The van der Waals surface area contributed by atoms with Crippen molar-refractivity contribution in [2.45, 2.75) is 18.9 Å². The van der Waals surface area contributed by atoms with Crippen molar-refractivity contribution in [3.63, 3.8) is 0 Å². The van der Waals surface area contributed by atoms with Gasteiger partial charge in [-0.15, -0.1) is 23.7 Å². The first-order chi connectivity index (χ1) is 11.6. The van der Waals surface area contributed by atoms with E-state index >= 15 is 0 Å². The number of nitrogens with zero attached hydrogens (tertiary/aromatic N) is 1. The summed E-state index contributed by atoms with van der Waals surface area (Å²) >= 11 is 1.39. The van der Waals surface area contributed by atoms with Crippen molar-refractivity contribution in [3.05, 3.63) is 52.2 Å². The molecule has 5 nitrogen and oxygen atoms in total. The summed E-state index contributed by atoms with van der Waals surface area (Å²) in [6.45, 7) is 1.89. The average molecular weight is 380 g/mol. The molecule has 1 aromatic heterocycles. The van der Waals surface area contributed by atoms with E-state index in [1.807, 2.05) is 23.4 Å². The molecule has 1 saturated heterocycles. The minimum atomic E-state index is -0.152. The Balaban J connectivity index is 0.00000225. The number of amides is 2. The Kier molecular flexibility index (Phi) is 6.99. The van der Waals surface area contributed by atoms with Gasteiger partial charge in [0.1, 0.15) is 0 Å². The molecule has 0 saturated carbocycles. The molecule has 0 bridgehead atoms. The van der Waals surface area contributed by atoms with Crippen LogP contribution in [-0.4, -0.2) is 42.9 Å². The molecule has 0 radical (unpaired) electrons. The maximum atomic E-state index is 12.7. The molecule has 1 aliphatic rings. The topological polar surface area (TPSA) is 61.4 Å². The summed E-state index contributed by atoms with van der Waals surface area (Å²) in [6.07, 6.45) is 1.94. The lowest BCUT2D eigenvalue weighted by atomic mass is 10.0. The van der Waals surface area contributed by atoms with Crippen LogP contribution in [0, 0.1) is 0 Å². The number of benzene rings is 1. The number of carbonyl (C=O) groups is 2. The number of carbonyl (C=O) groups excluding carboxylic acids is 2. The third kappa shape index (κ3) is 4.81. The Morgan fingerprint density at radius 1 is 1.20 bits per heavy atom. The van der Waals surface area contributed by atoms with Crippen molar-refractivity contribution >= 4 is 41.2 Å². The smallest absolute Gasteiger partial charge is 0.265 e. The molecular formula is C18H22ClN3O2S. The summed E-state index contributed by atoms with van der Waals surface area (Å²) in [7, 11) is 1.86. The maximum absolute atomic E-state index is 12.7. The largest absolute Gasteiger partial charge is 0.339 e.